The topological polar surface area (TPSA) is 111 Å². The highest BCUT2D eigenvalue weighted by atomic mass is 35.5. The van der Waals surface area contributed by atoms with Crippen LogP contribution in [0.3, 0.4) is 0 Å². The van der Waals surface area contributed by atoms with Gasteiger partial charge in [0, 0.05) is 35.1 Å². The van der Waals surface area contributed by atoms with Crippen molar-refractivity contribution < 1.29 is 23.1 Å². The Bertz CT molecular complexity index is 1850. The smallest absolute Gasteiger partial charge is 0.264 e. The van der Waals surface area contributed by atoms with Crippen molar-refractivity contribution in [3.63, 3.8) is 0 Å². The number of carbonyl (C=O) groups excluding carboxylic acids is 1. The predicted molar refractivity (Wildman–Crippen MR) is 233 cm³/mol. The Morgan fingerprint density at radius 2 is 1.79 bits per heavy atom. The van der Waals surface area contributed by atoms with Gasteiger partial charge in [-0.3, -0.25) is 4.79 Å². The Hall–Kier alpha value is -1.93. The maximum Gasteiger partial charge on any atom is 0.264 e. The van der Waals surface area contributed by atoms with Gasteiger partial charge in [0.25, 0.3) is 5.91 Å². The minimum absolute atomic E-state index is 0.0302. The molecule has 2 aliphatic carbocycles. The standard InChI is InChI=1S/C36H45ClN2O5S3.C7H16N2/c1-23-6-3-15-36(41,34-45-16-5-17-46-34)30-11-8-27(30)20-39-21-35(14-4-7-25-18-28(37)10-12-29(25)35)22-44-32-13-9-26(19-31(32)39)33(40)38-47(42,43)24(23)2;1-9(2)7-3-5-8-6-4-7/h3,9-10,12-13,15,18-19,23-24,27,30,34,41H,4-8,11,14,16-17,20-22H2,1-2H3,(H,38,40);7-8H,3-6H2,1-2H3/b15-3+;/t23-,24+,27-,30+,35-,36-;/m0./s1. The van der Waals surface area contributed by atoms with Crippen molar-refractivity contribution in [2.24, 2.45) is 17.8 Å². The summed E-state index contributed by atoms with van der Waals surface area (Å²) in [6, 6.07) is 12.3. The van der Waals surface area contributed by atoms with Crippen LogP contribution in [0, 0.1) is 17.8 Å². The van der Waals surface area contributed by atoms with Crippen molar-refractivity contribution in [1.82, 2.24) is 14.9 Å². The number of anilines is 1. The molecule has 3 N–H and O–H groups in total. The van der Waals surface area contributed by atoms with E-state index in [0.29, 0.717) is 31.9 Å². The molecule has 1 saturated carbocycles. The van der Waals surface area contributed by atoms with E-state index in [1.54, 1.807) is 19.1 Å². The summed E-state index contributed by atoms with van der Waals surface area (Å²) in [7, 11) is 0.371. The van der Waals surface area contributed by atoms with Crippen LogP contribution in [-0.4, -0.2) is 104 Å². The molecule has 4 aliphatic heterocycles. The number of halogens is 1. The first-order chi connectivity index (χ1) is 26.8. The molecular formula is C43H61ClN4O5S3. The number of nitrogens with one attached hydrogen (secondary N) is 2. The molecule has 9 nitrogen and oxygen atoms in total. The fourth-order valence-corrected chi connectivity index (χ4v) is 14.4. The number of rotatable bonds is 2. The molecule has 3 fully saturated rings. The van der Waals surface area contributed by atoms with Crippen molar-refractivity contribution in [2.45, 2.75) is 98.5 Å². The zero-order chi connectivity index (χ0) is 39.7. The monoisotopic (exact) mass is 844 g/mol. The predicted octanol–water partition coefficient (Wildman–Crippen LogP) is 7.11. The second-order valence-electron chi connectivity index (χ2n) is 17.3. The van der Waals surface area contributed by atoms with Crippen LogP contribution in [-0.2, 0) is 21.9 Å². The van der Waals surface area contributed by atoms with Gasteiger partial charge in [-0.1, -0.05) is 36.7 Å². The molecule has 8 rings (SSSR count). The van der Waals surface area contributed by atoms with Gasteiger partial charge in [0.05, 0.1) is 22.1 Å². The van der Waals surface area contributed by atoms with Crippen LogP contribution in [0.5, 0.6) is 5.75 Å². The first kappa shape index (κ1) is 42.2. The van der Waals surface area contributed by atoms with Crippen molar-refractivity contribution in [1.29, 1.82) is 0 Å². The van der Waals surface area contributed by atoms with E-state index < -0.39 is 26.8 Å². The third kappa shape index (κ3) is 8.97. The number of sulfonamides is 1. The molecule has 0 radical (unpaired) electrons. The third-order valence-electron chi connectivity index (χ3n) is 13.4. The molecule has 6 aliphatic rings. The fraction of sp³-hybridized carbons (Fsp3) is 0.651. The van der Waals surface area contributed by atoms with Gasteiger partial charge in [0.15, 0.2) is 0 Å². The van der Waals surface area contributed by atoms with Gasteiger partial charge in [-0.2, -0.15) is 0 Å². The molecule has 0 unspecified atom stereocenters. The quantitative estimate of drug-likeness (QED) is 0.271. The van der Waals surface area contributed by atoms with Crippen molar-refractivity contribution in [2.75, 3.05) is 63.3 Å². The number of allylic oxidation sites excluding steroid dienone is 1. The van der Waals surface area contributed by atoms with Crippen LogP contribution in [0.4, 0.5) is 5.69 Å². The van der Waals surface area contributed by atoms with Crippen molar-refractivity contribution in [3.8, 4) is 5.75 Å². The highest BCUT2D eigenvalue weighted by Crippen LogP contribution is 2.53. The second-order valence-corrected chi connectivity index (χ2v) is 22.5. The highest BCUT2D eigenvalue weighted by molar-refractivity contribution is 8.17. The minimum atomic E-state index is -3.95. The molecule has 2 saturated heterocycles. The molecule has 1 spiro atoms. The number of nitrogens with zero attached hydrogens (tertiary/aromatic N) is 2. The van der Waals surface area contributed by atoms with Crippen LogP contribution in [0.1, 0.15) is 86.7 Å². The maximum atomic E-state index is 13.5. The molecule has 2 aromatic rings. The average Bonchev–Trinajstić information content (AvgIpc) is 3.33. The van der Waals surface area contributed by atoms with E-state index in [4.69, 9.17) is 16.3 Å². The SMILES string of the molecule is CN(C)C1CCNCC1.C[C@@H]1[C@@H](C)C/C=C/[C@@](O)(C2SCCCS2)[C@@H]2CC[C@H]2CN2C[C@@]3(CCCc4cc(Cl)ccc43)COc3ccc(cc32)C(=O)NS1(=O)=O. The summed E-state index contributed by atoms with van der Waals surface area (Å²) in [6.45, 7) is 7.83. The number of thioether (sulfide) groups is 2. The van der Waals surface area contributed by atoms with Crippen LogP contribution in [0.2, 0.25) is 5.02 Å². The number of fused-ring (bicyclic) bond motifs is 4. The fourth-order valence-electron chi connectivity index (χ4n) is 9.64. The van der Waals surface area contributed by atoms with E-state index in [-0.39, 0.29) is 33.3 Å². The number of carbonyl (C=O) groups is 1. The molecule has 6 atom stereocenters. The number of aryl methyl sites for hydroxylation is 1. The Labute approximate surface area is 348 Å². The molecule has 308 valence electrons. The van der Waals surface area contributed by atoms with Crippen LogP contribution in [0.15, 0.2) is 48.6 Å². The summed E-state index contributed by atoms with van der Waals surface area (Å²) in [5, 5.41) is 15.9. The Morgan fingerprint density at radius 3 is 2.48 bits per heavy atom. The summed E-state index contributed by atoms with van der Waals surface area (Å²) in [5.41, 5.74) is 2.32. The first-order valence-corrected chi connectivity index (χ1v) is 24.7. The average molecular weight is 846 g/mol. The van der Waals surface area contributed by atoms with Crippen molar-refractivity contribution >= 4 is 56.7 Å². The number of ether oxygens (including phenoxy) is 1. The Balaban J connectivity index is 0.000000471. The zero-order valence-corrected chi connectivity index (χ0v) is 36.7. The third-order valence-corrected chi connectivity index (χ3v) is 18.8. The summed E-state index contributed by atoms with van der Waals surface area (Å²) in [4.78, 5) is 18.2. The molecule has 0 aromatic heterocycles. The number of benzene rings is 2. The number of piperidine rings is 1. The zero-order valence-electron chi connectivity index (χ0n) is 33.5. The lowest BCUT2D eigenvalue weighted by molar-refractivity contribution is -0.0333. The summed E-state index contributed by atoms with van der Waals surface area (Å²) in [5.74, 6) is 2.18. The lowest BCUT2D eigenvalue weighted by atomic mass is 9.64. The maximum absolute atomic E-state index is 13.5. The number of aliphatic hydroxyl groups is 1. The normalized spacial score (nSPS) is 33.1. The Kier molecular flexibility index (Phi) is 13.4. The summed E-state index contributed by atoms with van der Waals surface area (Å²) in [6.07, 6.45) is 13.2. The lowest BCUT2D eigenvalue weighted by Gasteiger charge is -2.51. The molecule has 1 amide bonds. The first-order valence-electron chi connectivity index (χ1n) is 20.7. The van der Waals surface area contributed by atoms with Crippen LogP contribution in [0.25, 0.3) is 0 Å². The van der Waals surface area contributed by atoms with Crippen LogP contribution >= 0.6 is 35.1 Å². The van der Waals surface area contributed by atoms with Gasteiger partial charge in [0.2, 0.25) is 10.0 Å². The van der Waals surface area contributed by atoms with E-state index in [1.165, 1.54) is 37.1 Å². The van der Waals surface area contributed by atoms with E-state index in [2.05, 4.69) is 46.1 Å². The molecule has 56 heavy (non-hydrogen) atoms. The van der Waals surface area contributed by atoms with Crippen LogP contribution < -0.4 is 19.7 Å². The largest absolute Gasteiger partial charge is 0.490 e. The van der Waals surface area contributed by atoms with Crippen molar-refractivity contribution in [3.05, 3.63) is 70.3 Å². The van der Waals surface area contributed by atoms with Gasteiger partial charge in [-0.25, -0.2) is 13.1 Å². The number of amides is 1. The minimum Gasteiger partial charge on any atom is -0.490 e. The van der Waals surface area contributed by atoms with E-state index >= 15 is 0 Å². The number of hydrogen-bond acceptors (Lipinski definition) is 10. The van der Waals surface area contributed by atoms with E-state index in [1.807, 2.05) is 54.7 Å². The molecule has 2 bridgehead atoms. The van der Waals surface area contributed by atoms with E-state index in [9.17, 15) is 18.3 Å². The molecule has 2 aromatic carbocycles. The van der Waals surface area contributed by atoms with Gasteiger partial charge >= 0.3 is 0 Å². The lowest BCUT2D eigenvalue weighted by Crippen LogP contribution is -2.55. The van der Waals surface area contributed by atoms with Gasteiger partial charge in [0.1, 0.15) is 11.4 Å². The van der Waals surface area contributed by atoms with E-state index in [0.717, 1.165) is 66.8 Å². The molecule has 13 heteroatoms. The molecular weight excluding hydrogens is 784 g/mol. The van der Waals surface area contributed by atoms with Gasteiger partial charge < -0.3 is 25.0 Å². The van der Waals surface area contributed by atoms with Gasteiger partial charge in [-0.05, 0) is 163 Å². The molecule has 4 heterocycles. The number of hydrogen-bond donors (Lipinski definition) is 3. The summed E-state index contributed by atoms with van der Waals surface area (Å²) >= 11 is 10.2. The summed E-state index contributed by atoms with van der Waals surface area (Å²) < 4.78 is 35.9. The second kappa shape index (κ2) is 17.7. The Morgan fingerprint density at radius 1 is 1.02 bits per heavy atom. The highest BCUT2D eigenvalue weighted by Gasteiger charge is 2.52. The van der Waals surface area contributed by atoms with Gasteiger partial charge in [-0.15, -0.1) is 23.5 Å².